The van der Waals surface area contributed by atoms with E-state index < -0.39 is 21.7 Å². The lowest BCUT2D eigenvalue weighted by Gasteiger charge is -2.32. The molecule has 0 saturated carbocycles. The van der Waals surface area contributed by atoms with Crippen molar-refractivity contribution in [1.82, 2.24) is 9.79 Å². The standard InChI is InChI=1S/C21H24N2O7S/c1-14(24)18-4-3-5-19(20(18)21(25)22-26)31(27,28)23-12-10-17(11-13-23)30-16-8-6-15(29-2)7-9-16/h3-9,17,26H,10-13H2,1-2H3,(H,22,25). The second-order valence-corrected chi connectivity index (χ2v) is 8.98. The summed E-state index contributed by atoms with van der Waals surface area (Å²) in [5.41, 5.74) is 0.986. The summed E-state index contributed by atoms with van der Waals surface area (Å²) in [5, 5.41) is 9.06. The van der Waals surface area contributed by atoms with Gasteiger partial charge in [0, 0.05) is 18.7 Å². The van der Waals surface area contributed by atoms with Crippen LogP contribution >= 0.6 is 0 Å². The Hall–Kier alpha value is -2.95. The van der Waals surface area contributed by atoms with Gasteiger partial charge in [-0.15, -0.1) is 0 Å². The highest BCUT2D eigenvalue weighted by atomic mass is 32.2. The molecular weight excluding hydrogens is 424 g/mol. The van der Waals surface area contributed by atoms with E-state index in [1.54, 1.807) is 31.4 Å². The molecule has 10 heteroatoms. The third kappa shape index (κ3) is 4.87. The molecular formula is C21H24N2O7S. The number of hydrogen-bond donors (Lipinski definition) is 2. The Morgan fingerprint density at radius 3 is 2.23 bits per heavy atom. The molecule has 0 atom stereocenters. The molecule has 1 aliphatic heterocycles. The van der Waals surface area contributed by atoms with Crippen LogP contribution in [0.5, 0.6) is 11.5 Å². The summed E-state index contributed by atoms with van der Waals surface area (Å²) in [6, 6.07) is 11.1. The SMILES string of the molecule is COc1ccc(OC2CCN(S(=O)(=O)c3cccc(C(C)=O)c3C(=O)NO)CC2)cc1. The van der Waals surface area contributed by atoms with Gasteiger partial charge in [-0.1, -0.05) is 12.1 Å². The lowest BCUT2D eigenvalue weighted by atomic mass is 10.0. The van der Waals surface area contributed by atoms with Crippen molar-refractivity contribution >= 4 is 21.7 Å². The molecule has 0 bridgehead atoms. The van der Waals surface area contributed by atoms with Gasteiger partial charge in [-0.05, 0) is 50.1 Å². The van der Waals surface area contributed by atoms with Crippen molar-refractivity contribution in [3.8, 4) is 11.5 Å². The van der Waals surface area contributed by atoms with Crippen LogP contribution in [-0.4, -0.2) is 55.9 Å². The number of rotatable bonds is 7. The van der Waals surface area contributed by atoms with Crippen molar-refractivity contribution in [3.63, 3.8) is 0 Å². The van der Waals surface area contributed by atoms with E-state index in [2.05, 4.69) is 0 Å². The van der Waals surface area contributed by atoms with E-state index in [9.17, 15) is 18.0 Å². The number of carbonyl (C=O) groups excluding carboxylic acids is 2. The molecule has 1 amide bonds. The van der Waals surface area contributed by atoms with Crippen LogP contribution < -0.4 is 15.0 Å². The van der Waals surface area contributed by atoms with Crippen LogP contribution in [0.25, 0.3) is 0 Å². The number of ketones is 1. The third-order valence-electron chi connectivity index (χ3n) is 5.12. The Kier molecular flexibility index (Phi) is 6.94. The van der Waals surface area contributed by atoms with E-state index in [0.717, 1.165) is 0 Å². The van der Waals surface area contributed by atoms with Crippen molar-refractivity contribution < 1.29 is 32.7 Å². The fraction of sp³-hybridized carbons (Fsp3) is 0.333. The maximum atomic E-state index is 13.2. The molecule has 1 fully saturated rings. The zero-order valence-corrected chi connectivity index (χ0v) is 18.0. The van der Waals surface area contributed by atoms with Crippen LogP contribution in [0.4, 0.5) is 0 Å². The monoisotopic (exact) mass is 448 g/mol. The van der Waals surface area contributed by atoms with Crippen molar-refractivity contribution in [2.75, 3.05) is 20.2 Å². The molecule has 2 N–H and O–H groups in total. The summed E-state index contributed by atoms with van der Waals surface area (Å²) < 4.78 is 38.8. The number of sulfonamides is 1. The topological polar surface area (TPSA) is 122 Å². The number of carbonyl (C=O) groups is 2. The van der Waals surface area contributed by atoms with Gasteiger partial charge in [0.25, 0.3) is 5.91 Å². The van der Waals surface area contributed by atoms with Crippen LogP contribution in [0.3, 0.4) is 0 Å². The van der Waals surface area contributed by atoms with Gasteiger partial charge in [0.05, 0.1) is 17.6 Å². The van der Waals surface area contributed by atoms with Crippen molar-refractivity contribution in [2.45, 2.75) is 30.8 Å². The van der Waals surface area contributed by atoms with Gasteiger partial charge in [0.2, 0.25) is 10.0 Å². The van der Waals surface area contributed by atoms with Crippen LogP contribution in [0.15, 0.2) is 47.4 Å². The Morgan fingerprint density at radius 1 is 1.06 bits per heavy atom. The van der Waals surface area contributed by atoms with Gasteiger partial charge in [-0.2, -0.15) is 4.31 Å². The summed E-state index contributed by atoms with van der Waals surface area (Å²) in [5.74, 6) is -0.161. The van der Waals surface area contributed by atoms with Crippen LogP contribution in [-0.2, 0) is 10.0 Å². The third-order valence-corrected chi connectivity index (χ3v) is 7.06. The smallest absolute Gasteiger partial charge is 0.276 e. The zero-order chi connectivity index (χ0) is 22.6. The predicted octanol–water partition coefficient (Wildman–Crippen LogP) is 2.25. The molecule has 9 nitrogen and oxygen atoms in total. The summed E-state index contributed by atoms with van der Waals surface area (Å²) in [6.45, 7) is 1.60. The molecule has 2 aromatic carbocycles. The Bertz CT molecular complexity index is 1060. The molecule has 0 spiro atoms. The van der Waals surface area contributed by atoms with E-state index in [0.29, 0.717) is 24.3 Å². The fourth-order valence-electron chi connectivity index (χ4n) is 3.51. The highest BCUT2D eigenvalue weighted by molar-refractivity contribution is 7.89. The molecule has 3 rings (SSSR count). The van der Waals surface area contributed by atoms with Gasteiger partial charge in [0.15, 0.2) is 5.78 Å². The molecule has 2 aromatic rings. The Morgan fingerprint density at radius 2 is 1.68 bits per heavy atom. The lowest BCUT2D eigenvalue weighted by molar-refractivity contribution is 0.0698. The molecule has 166 valence electrons. The largest absolute Gasteiger partial charge is 0.497 e. The molecule has 0 aliphatic carbocycles. The molecule has 0 unspecified atom stereocenters. The number of hydroxylamine groups is 1. The first-order valence-corrected chi connectivity index (χ1v) is 11.1. The first-order chi connectivity index (χ1) is 14.8. The van der Waals surface area contributed by atoms with Crippen LogP contribution in [0.1, 0.15) is 40.5 Å². The number of piperidine rings is 1. The fourth-order valence-corrected chi connectivity index (χ4v) is 5.19. The highest BCUT2D eigenvalue weighted by Crippen LogP contribution is 2.28. The molecule has 1 aliphatic rings. The number of methoxy groups -OCH3 is 1. The van der Waals surface area contributed by atoms with Crippen molar-refractivity contribution in [2.24, 2.45) is 0 Å². The van der Waals surface area contributed by atoms with Gasteiger partial charge in [-0.3, -0.25) is 14.8 Å². The van der Waals surface area contributed by atoms with Crippen LogP contribution in [0.2, 0.25) is 0 Å². The second kappa shape index (κ2) is 9.46. The number of Topliss-reactive ketones (excluding diaryl/α,β-unsaturated/α-hetero) is 1. The average molecular weight is 448 g/mol. The number of hydrogen-bond acceptors (Lipinski definition) is 7. The minimum Gasteiger partial charge on any atom is -0.497 e. The minimum atomic E-state index is -4.07. The summed E-state index contributed by atoms with van der Waals surface area (Å²) in [7, 11) is -2.49. The predicted molar refractivity (Wildman–Crippen MR) is 111 cm³/mol. The van der Waals surface area contributed by atoms with E-state index in [-0.39, 0.29) is 35.2 Å². The molecule has 0 aromatic heterocycles. The Labute approximate surface area is 180 Å². The number of ether oxygens (including phenoxy) is 2. The first kappa shape index (κ1) is 22.7. The van der Waals surface area contributed by atoms with E-state index in [1.165, 1.54) is 34.9 Å². The number of nitrogens with one attached hydrogen (secondary N) is 1. The second-order valence-electron chi connectivity index (χ2n) is 7.07. The van der Waals surface area contributed by atoms with Crippen molar-refractivity contribution in [3.05, 3.63) is 53.6 Å². The molecule has 1 heterocycles. The number of amides is 1. The maximum absolute atomic E-state index is 13.2. The van der Waals surface area contributed by atoms with E-state index >= 15 is 0 Å². The number of benzene rings is 2. The summed E-state index contributed by atoms with van der Waals surface area (Å²) >= 11 is 0. The lowest BCUT2D eigenvalue weighted by Crippen LogP contribution is -2.42. The number of nitrogens with zero attached hydrogens (tertiary/aromatic N) is 1. The maximum Gasteiger partial charge on any atom is 0.276 e. The van der Waals surface area contributed by atoms with Gasteiger partial charge < -0.3 is 9.47 Å². The van der Waals surface area contributed by atoms with Gasteiger partial charge >= 0.3 is 0 Å². The van der Waals surface area contributed by atoms with E-state index in [4.69, 9.17) is 14.7 Å². The minimum absolute atomic E-state index is 0.0784. The van der Waals surface area contributed by atoms with Gasteiger partial charge in [-0.25, -0.2) is 13.9 Å². The van der Waals surface area contributed by atoms with Gasteiger partial charge in [0.1, 0.15) is 17.6 Å². The molecule has 1 saturated heterocycles. The molecule has 31 heavy (non-hydrogen) atoms. The zero-order valence-electron chi connectivity index (χ0n) is 17.2. The normalized spacial score (nSPS) is 15.3. The van der Waals surface area contributed by atoms with E-state index in [1.807, 2.05) is 0 Å². The Balaban J connectivity index is 1.77. The van der Waals surface area contributed by atoms with Crippen LogP contribution in [0, 0.1) is 0 Å². The average Bonchev–Trinajstić information content (AvgIpc) is 2.78. The summed E-state index contributed by atoms with van der Waals surface area (Å²) in [6.07, 6.45) is 0.752. The highest BCUT2D eigenvalue weighted by Gasteiger charge is 2.34. The first-order valence-electron chi connectivity index (χ1n) is 9.67. The quantitative estimate of drug-likeness (QED) is 0.378. The summed E-state index contributed by atoms with van der Waals surface area (Å²) in [4.78, 5) is 23.8. The van der Waals surface area contributed by atoms with Crippen molar-refractivity contribution in [1.29, 1.82) is 0 Å². The molecule has 0 radical (unpaired) electrons.